The summed E-state index contributed by atoms with van der Waals surface area (Å²) in [5.74, 6) is -0.207. The molecule has 0 radical (unpaired) electrons. The number of rotatable bonds is 28. The number of hydrogen-bond acceptors (Lipinski definition) is 10. The van der Waals surface area contributed by atoms with Gasteiger partial charge in [-0.1, -0.05) is 127 Å². The molecule has 0 bridgehead atoms. The third-order valence-corrected chi connectivity index (χ3v) is 8.17. The largest absolute Gasteiger partial charge is 1.00 e. The minimum absolute atomic E-state index is 0. The molecule has 1 amide bonds. The van der Waals surface area contributed by atoms with Crippen LogP contribution in [-0.2, 0) is 24.7 Å². The summed E-state index contributed by atoms with van der Waals surface area (Å²) in [7, 11) is -4.92. The van der Waals surface area contributed by atoms with E-state index >= 15 is 0 Å². The molecule has 51 heavy (non-hydrogen) atoms. The van der Waals surface area contributed by atoms with Gasteiger partial charge in [0.15, 0.2) is 6.29 Å². The van der Waals surface area contributed by atoms with Crippen LogP contribution >= 0.6 is 0 Å². The molecule has 0 aromatic rings. The summed E-state index contributed by atoms with van der Waals surface area (Å²) >= 11 is 0. The Morgan fingerprint density at radius 3 is 1.90 bits per heavy atom. The Labute approximate surface area is 330 Å². The average molecular weight is 757 g/mol. The average Bonchev–Trinajstić information content (AvgIpc) is 3.05. The summed E-state index contributed by atoms with van der Waals surface area (Å²) in [5, 5.41) is 43.4. The van der Waals surface area contributed by atoms with Gasteiger partial charge < -0.3 is 39.8 Å². The van der Waals surface area contributed by atoms with Crippen molar-refractivity contribution in [2.45, 2.75) is 173 Å². The summed E-state index contributed by atoms with van der Waals surface area (Å²) in [6.07, 6.45) is 29.4. The van der Waals surface area contributed by atoms with Crippen LogP contribution in [0.15, 0.2) is 36.5 Å². The third-order valence-electron chi connectivity index (χ3n) is 8.17. The molecule has 0 spiro atoms. The molecule has 6 N–H and O–H groups in total. The Morgan fingerprint density at radius 1 is 0.843 bits per heavy atom. The number of hydrogen-bond donors (Lipinski definition) is 6. The molecule has 0 aromatic carbocycles. The quantitative estimate of drug-likeness (QED) is 0.0171. The normalized spacial score (nSPS) is 20.6. The van der Waals surface area contributed by atoms with Crippen molar-refractivity contribution in [1.82, 2.24) is 5.32 Å². The molecule has 14 heteroatoms. The van der Waals surface area contributed by atoms with Gasteiger partial charge in [0.25, 0.3) is 0 Å². The fraction of sp³-hybridized carbons (Fsp3) is 0.784. The van der Waals surface area contributed by atoms with Gasteiger partial charge in [0.2, 0.25) is 16.3 Å². The number of aliphatic hydroxyl groups excluding tert-OH is 4. The van der Waals surface area contributed by atoms with E-state index in [2.05, 4.69) is 37.4 Å². The molecule has 1 aliphatic heterocycles. The molecule has 1 saturated heterocycles. The van der Waals surface area contributed by atoms with Gasteiger partial charge in [-0.15, -0.1) is 0 Å². The van der Waals surface area contributed by atoms with Crippen molar-refractivity contribution >= 4 is 16.3 Å². The van der Waals surface area contributed by atoms with Gasteiger partial charge in [0.05, 0.1) is 31.5 Å². The molecule has 1 aliphatic rings. The van der Waals surface area contributed by atoms with Gasteiger partial charge in [0.1, 0.15) is 0 Å². The van der Waals surface area contributed by atoms with Crippen LogP contribution in [0.2, 0.25) is 0 Å². The first-order valence-electron chi connectivity index (χ1n) is 18.6. The fourth-order valence-corrected chi connectivity index (χ4v) is 5.27. The predicted molar refractivity (Wildman–Crippen MR) is 195 cm³/mol. The van der Waals surface area contributed by atoms with E-state index in [9.17, 15) is 25.2 Å². The number of unbranched alkanes of at least 4 members (excludes halogenated alkanes) is 14. The van der Waals surface area contributed by atoms with Gasteiger partial charge in [-0.25, -0.2) is 8.42 Å². The molecular formula is C37H67NNaO11S-. The smallest absolute Gasteiger partial charge is 0.726 e. The molecule has 0 aromatic heterocycles. The molecule has 1 heterocycles. The molecule has 12 nitrogen and oxygen atoms in total. The van der Waals surface area contributed by atoms with Crippen molar-refractivity contribution < 1.29 is 81.8 Å². The zero-order valence-corrected chi connectivity index (χ0v) is 34.3. The molecule has 4 unspecified atom stereocenters. The van der Waals surface area contributed by atoms with Crippen molar-refractivity contribution in [3.63, 3.8) is 0 Å². The minimum Gasteiger partial charge on any atom is -0.726 e. The van der Waals surface area contributed by atoms with Crippen LogP contribution in [0.5, 0.6) is 0 Å². The maximum absolute atomic E-state index is 12.7. The summed E-state index contributed by atoms with van der Waals surface area (Å²) in [4.78, 5) is 12.7. The van der Waals surface area contributed by atoms with E-state index in [1.165, 1.54) is 83.5 Å². The maximum atomic E-state index is 12.7. The predicted octanol–water partition coefficient (Wildman–Crippen LogP) is 2.62. The fourth-order valence-electron chi connectivity index (χ4n) is 5.27. The summed E-state index contributed by atoms with van der Waals surface area (Å²) < 4.78 is 44.0. The van der Waals surface area contributed by atoms with Crippen molar-refractivity contribution in [3.05, 3.63) is 42.9 Å². The molecule has 0 aliphatic carbocycles. The van der Waals surface area contributed by atoms with Crippen molar-refractivity contribution in [2.24, 2.45) is 0 Å². The van der Waals surface area contributed by atoms with E-state index in [0.717, 1.165) is 32.1 Å². The summed E-state index contributed by atoms with van der Waals surface area (Å²) in [6.45, 7) is 3.90. The van der Waals surface area contributed by atoms with Crippen LogP contribution in [-0.4, -0.2) is 93.8 Å². The van der Waals surface area contributed by atoms with E-state index in [1.807, 2.05) is 12.2 Å². The molecule has 6 atom stereocenters. The minimum atomic E-state index is -4.92. The Morgan fingerprint density at radius 2 is 1.33 bits per heavy atom. The Kier molecular flexibility index (Phi) is 36.0. The number of carbonyl (C=O) groups is 1. The zero-order valence-electron chi connectivity index (χ0n) is 31.4. The van der Waals surface area contributed by atoms with Gasteiger partial charge in [-0.2, -0.15) is 0 Å². The van der Waals surface area contributed by atoms with Crippen LogP contribution in [0.25, 0.3) is 0 Å². The van der Waals surface area contributed by atoms with E-state index in [1.54, 1.807) is 6.08 Å². The number of ether oxygens (including phenoxy) is 2. The topological polar surface area (TPSA) is 206 Å². The first-order valence-corrected chi connectivity index (χ1v) is 20.0. The van der Waals surface area contributed by atoms with E-state index < -0.39 is 53.8 Å². The standard InChI is InChI=1S/C37H66NO7.Na.H2O4S/c1-3-5-7-9-11-13-15-16-17-18-20-22-24-26-32(40)31(30-44-37-34(42)28-33(41)35(29-39)45-37)38-36(43)27-25-23-21-19-14-12-10-8-6-4-2;;1-5(2,3)4/h12,14,21,23-24,26,28,31-35,37,39-42H,3-11,13,15-20,22,25,27,29-30H2,1-2H3,(H,38,43);;(H2,1,2,3,4)/q-1;+1;/p-1/b14-12-,23-21-,26-24+;;/t31-,32+,33?,34?,35?,37?;;/m0../s1. The second-order valence-electron chi connectivity index (χ2n) is 12.8. The van der Waals surface area contributed by atoms with Crippen LogP contribution < -0.4 is 34.9 Å². The molecule has 1 fully saturated rings. The van der Waals surface area contributed by atoms with Crippen molar-refractivity contribution in [3.8, 4) is 0 Å². The second-order valence-corrected chi connectivity index (χ2v) is 13.6. The number of amides is 1. The molecule has 294 valence electrons. The maximum Gasteiger partial charge on any atom is 1.00 e. The van der Waals surface area contributed by atoms with Crippen LogP contribution in [0, 0.1) is 6.42 Å². The number of aliphatic hydroxyl groups is 4. The number of carbonyl (C=O) groups excluding carboxylic acids is 1. The van der Waals surface area contributed by atoms with Gasteiger partial charge in [-0.05, 0) is 50.7 Å². The summed E-state index contributed by atoms with van der Waals surface area (Å²) in [6, 6.07) is -0.753. The van der Waals surface area contributed by atoms with E-state index in [-0.39, 0.29) is 48.5 Å². The number of nitrogens with one attached hydrogen (secondary N) is 1. The monoisotopic (exact) mass is 756 g/mol. The Balaban J connectivity index is 0. The van der Waals surface area contributed by atoms with Gasteiger partial charge in [-0.3, -0.25) is 15.8 Å². The summed E-state index contributed by atoms with van der Waals surface area (Å²) in [5.41, 5.74) is 0. The van der Waals surface area contributed by atoms with Gasteiger partial charge in [0, 0.05) is 6.42 Å². The first-order chi connectivity index (χ1) is 23.9. The molecule has 1 rings (SSSR count). The van der Waals surface area contributed by atoms with Gasteiger partial charge >= 0.3 is 29.6 Å². The zero-order chi connectivity index (χ0) is 37.5. The van der Waals surface area contributed by atoms with E-state index in [4.69, 9.17) is 27.0 Å². The SMILES string of the molecule is CCCCC/C=C\C/C=C\CCC(=O)N[C@@H](COC1OC(CO)C(O)[CH-]C1O)[C@H](O)/C=C/CCCCCCCCCCCCC.O=S(=O)([O-])O.[Na+]. The van der Waals surface area contributed by atoms with Crippen molar-refractivity contribution in [1.29, 1.82) is 0 Å². The van der Waals surface area contributed by atoms with Crippen molar-refractivity contribution in [2.75, 3.05) is 13.2 Å². The Bertz CT molecular complexity index is 1000. The third kappa shape index (κ3) is 33.6. The number of allylic oxidation sites excluding steroid dienone is 5. The molecule has 0 saturated carbocycles. The second kappa shape index (κ2) is 35.0. The first kappa shape index (κ1) is 52.4. The van der Waals surface area contributed by atoms with Crippen LogP contribution in [0.4, 0.5) is 0 Å². The van der Waals surface area contributed by atoms with E-state index in [0.29, 0.717) is 6.42 Å². The Hall–Kier alpha value is -0.680. The van der Waals surface area contributed by atoms with Crippen LogP contribution in [0.1, 0.15) is 136 Å². The van der Waals surface area contributed by atoms with Crippen LogP contribution in [0.3, 0.4) is 0 Å². The molecular weight excluding hydrogens is 689 g/mol.